The van der Waals surface area contributed by atoms with Crippen LogP contribution < -0.4 is 15.6 Å². The third kappa shape index (κ3) is 5.90. The predicted octanol–water partition coefficient (Wildman–Crippen LogP) is 5.61. The van der Waals surface area contributed by atoms with Crippen LogP contribution in [0.3, 0.4) is 0 Å². The van der Waals surface area contributed by atoms with E-state index in [0.29, 0.717) is 22.0 Å². The average Bonchev–Trinajstić information content (AvgIpc) is 2.89. The summed E-state index contributed by atoms with van der Waals surface area (Å²) in [5.41, 5.74) is 3.26. The number of nitrogens with one attached hydrogen (secondary N) is 1. The molecular weight excluding hydrogens is 492 g/mol. The zero-order valence-electron chi connectivity index (χ0n) is 20.3. The maximum absolute atomic E-state index is 13.5. The molecule has 1 atom stereocenters. The van der Waals surface area contributed by atoms with Gasteiger partial charge in [-0.1, -0.05) is 48.0 Å². The summed E-state index contributed by atoms with van der Waals surface area (Å²) in [6.07, 6.45) is 1.79. The lowest BCUT2D eigenvalue weighted by atomic mass is 10.00. The number of benzene rings is 3. The summed E-state index contributed by atoms with van der Waals surface area (Å²) < 4.78 is 6.99. The third-order valence-electron chi connectivity index (χ3n) is 6.06. The molecule has 0 aliphatic carbocycles. The van der Waals surface area contributed by atoms with E-state index in [1.807, 2.05) is 43.3 Å². The number of pyridine rings is 1. The van der Waals surface area contributed by atoms with Crippen LogP contribution in [0.1, 0.15) is 27.5 Å². The van der Waals surface area contributed by atoms with Gasteiger partial charge in [0.15, 0.2) is 0 Å². The SMILES string of the molecule is COc1cn(C(Cc2ccccc2)C(=O)Nc2ccc(C(=O)O)cc2)c(=O)cc1-c1cc(Cl)ccc1C. The van der Waals surface area contributed by atoms with Crippen LogP contribution in [0, 0.1) is 6.92 Å². The van der Waals surface area contributed by atoms with Gasteiger partial charge in [0.2, 0.25) is 5.91 Å². The van der Waals surface area contributed by atoms with E-state index in [9.17, 15) is 14.4 Å². The van der Waals surface area contributed by atoms with Crippen LogP contribution >= 0.6 is 11.6 Å². The number of amides is 1. The van der Waals surface area contributed by atoms with Gasteiger partial charge in [-0.2, -0.15) is 0 Å². The highest BCUT2D eigenvalue weighted by molar-refractivity contribution is 6.30. The number of nitrogens with zero attached hydrogens (tertiary/aromatic N) is 1. The zero-order chi connectivity index (χ0) is 26.5. The van der Waals surface area contributed by atoms with Gasteiger partial charge in [0, 0.05) is 28.8 Å². The maximum atomic E-state index is 13.5. The minimum atomic E-state index is -1.06. The number of aromatic nitrogens is 1. The van der Waals surface area contributed by atoms with Crippen molar-refractivity contribution in [3.63, 3.8) is 0 Å². The molecule has 1 heterocycles. The molecule has 0 spiro atoms. The number of hydrogen-bond donors (Lipinski definition) is 2. The van der Waals surface area contributed by atoms with Crippen molar-refractivity contribution in [3.8, 4) is 16.9 Å². The summed E-state index contributed by atoms with van der Waals surface area (Å²) in [4.78, 5) is 38.1. The number of carboxylic acids is 1. The number of carbonyl (C=O) groups excluding carboxylic acids is 1. The standard InChI is InChI=1S/C29H25ClN2O5/c1-18-8-11-21(30)15-23(18)24-16-27(33)32(17-26(24)37-2)25(14-19-6-4-3-5-7-19)28(34)31-22-12-9-20(10-13-22)29(35)36/h3-13,15-17,25H,14H2,1-2H3,(H,31,34)(H,35,36). The van der Waals surface area contributed by atoms with Crippen LogP contribution in [-0.4, -0.2) is 28.7 Å². The Morgan fingerprint density at radius 2 is 1.70 bits per heavy atom. The Morgan fingerprint density at radius 3 is 2.35 bits per heavy atom. The molecule has 0 saturated heterocycles. The van der Waals surface area contributed by atoms with Gasteiger partial charge in [-0.3, -0.25) is 14.2 Å². The van der Waals surface area contributed by atoms with Gasteiger partial charge in [-0.25, -0.2) is 4.79 Å². The molecular formula is C29H25ClN2O5. The fraction of sp³-hybridized carbons (Fsp3) is 0.138. The van der Waals surface area contributed by atoms with Crippen molar-refractivity contribution in [2.45, 2.75) is 19.4 Å². The number of rotatable bonds is 8. The number of halogens is 1. The van der Waals surface area contributed by atoms with E-state index in [1.165, 1.54) is 42.0 Å². The molecule has 2 N–H and O–H groups in total. The predicted molar refractivity (Wildman–Crippen MR) is 144 cm³/mol. The second kappa shape index (κ2) is 11.1. The minimum absolute atomic E-state index is 0.103. The Morgan fingerprint density at radius 1 is 1.00 bits per heavy atom. The first-order valence-corrected chi connectivity index (χ1v) is 11.9. The first-order valence-electron chi connectivity index (χ1n) is 11.5. The Balaban J connectivity index is 1.76. The molecule has 1 amide bonds. The number of aromatic carboxylic acids is 1. The van der Waals surface area contributed by atoms with Crippen molar-refractivity contribution >= 4 is 29.2 Å². The number of hydrogen-bond acceptors (Lipinski definition) is 4. The Labute approximate surface area is 218 Å². The van der Waals surface area contributed by atoms with Crippen LogP contribution in [0.15, 0.2) is 89.9 Å². The number of anilines is 1. The second-order valence-corrected chi connectivity index (χ2v) is 8.97. The molecule has 3 aromatic carbocycles. The van der Waals surface area contributed by atoms with Crippen molar-refractivity contribution in [1.82, 2.24) is 4.57 Å². The number of carbonyl (C=O) groups is 2. The van der Waals surface area contributed by atoms with Gasteiger partial charge >= 0.3 is 5.97 Å². The van der Waals surface area contributed by atoms with Gasteiger partial charge in [0.25, 0.3) is 5.56 Å². The fourth-order valence-electron chi connectivity index (χ4n) is 4.11. The summed E-state index contributed by atoms with van der Waals surface area (Å²) in [7, 11) is 1.50. The monoisotopic (exact) mass is 516 g/mol. The topological polar surface area (TPSA) is 97.6 Å². The first-order chi connectivity index (χ1) is 17.8. The van der Waals surface area contributed by atoms with E-state index in [2.05, 4.69) is 5.32 Å². The van der Waals surface area contributed by atoms with Gasteiger partial charge in [-0.05, 0) is 60.0 Å². The van der Waals surface area contributed by atoms with E-state index in [4.69, 9.17) is 21.4 Å². The fourth-order valence-corrected chi connectivity index (χ4v) is 4.28. The van der Waals surface area contributed by atoms with Gasteiger partial charge in [0.1, 0.15) is 11.8 Å². The smallest absolute Gasteiger partial charge is 0.335 e. The van der Waals surface area contributed by atoms with Crippen LogP contribution in [0.2, 0.25) is 5.02 Å². The van der Waals surface area contributed by atoms with E-state index < -0.39 is 17.9 Å². The van der Waals surface area contributed by atoms with E-state index in [-0.39, 0.29) is 17.5 Å². The molecule has 0 saturated carbocycles. The molecule has 8 heteroatoms. The molecule has 37 heavy (non-hydrogen) atoms. The Kier molecular flexibility index (Phi) is 7.74. The van der Waals surface area contributed by atoms with Gasteiger partial charge < -0.3 is 15.2 Å². The minimum Gasteiger partial charge on any atom is -0.495 e. The Hall–Kier alpha value is -4.36. The summed E-state index contributed by atoms with van der Waals surface area (Å²) in [5, 5.41) is 12.5. The van der Waals surface area contributed by atoms with Crippen molar-refractivity contribution in [2.24, 2.45) is 0 Å². The third-order valence-corrected chi connectivity index (χ3v) is 6.30. The molecule has 0 radical (unpaired) electrons. The maximum Gasteiger partial charge on any atom is 0.335 e. The highest BCUT2D eigenvalue weighted by Crippen LogP contribution is 2.33. The number of carboxylic acid groups (broad SMARTS) is 1. The highest BCUT2D eigenvalue weighted by Gasteiger charge is 2.24. The summed E-state index contributed by atoms with van der Waals surface area (Å²) in [6.45, 7) is 1.91. The van der Waals surface area contributed by atoms with E-state index >= 15 is 0 Å². The largest absolute Gasteiger partial charge is 0.495 e. The molecule has 0 aliphatic heterocycles. The second-order valence-electron chi connectivity index (χ2n) is 8.54. The zero-order valence-corrected chi connectivity index (χ0v) is 21.0. The lowest BCUT2D eigenvalue weighted by molar-refractivity contribution is -0.119. The van der Waals surface area contributed by atoms with Crippen molar-refractivity contribution in [2.75, 3.05) is 12.4 Å². The number of ether oxygens (including phenoxy) is 1. The average molecular weight is 517 g/mol. The van der Waals surface area contributed by atoms with Crippen LogP contribution in [0.5, 0.6) is 5.75 Å². The molecule has 1 unspecified atom stereocenters. The normalized spacial score (nSPS) is 11.5. The van der Waals surface area contributed by atoms with Crippen molar-refractivity contribution in [1.29, 1.82) is 0 Å². The molecule has 188 valence electrons. The highest BCUT2D eigenvalue weighted by atomic mass is 35.5. The molecule has 7 nitrogen and oxygen atoms in total. The molecule has 0 bridgehead atoms. The summed E-state index contributed by atoms with van der Waals surface area (Å²) >= 11 is 6.21. The number of methoxy groups -OCH3 is 1. The first kappa shape index (κ1) is 25.7. The van der Waals surface area contributed by atoms with Crippen molar-refractivity contribution < 1.29 is 19.4 Å². The van der Waals surface area contributed by atoms with Crippen molar-refractivity contribution in [3.05, 3.63) is 117 Å². The van der Waals surface area contributed by atoms with Crippen LogP contribution in [0.4, 0.5) is 5.69 Å². The summed E-state index contributed by atoms with van der Waals surface area (Å²) in [6, 6.07) is 21.2. The summed E-state index contributed by atoms with van der Waals surface area (Å²) in [5.74, 6) is -1.07. The Bertz CT molecular complexity index is 1500. The van der Waals surface area contributed by atoms with E-state index in [1.54, 1.807) is 18.3 Å². The lowest BCUT2D eigenvalue weighted by Crippen LogP contribution is -2.34. The molecule has 4 rings (SSSR count). The van der Waals surface area contributed by atoms with Gasteiger partial charge in [0.05, 0.1) is 18.9 Å². The van der Waals surface area contributed by atoms with E-state index in [0.717, 1.165) is 16.7 Å². The molecule has 0 aliphatic rings. The van der Waals surface area contributed by atoms with Crippen LogP contribution in [0.25, 0.3) is 11.1 Å². The molecule has 0 fully saturated rings. The lowest BCUT2D eigenvalue weighted by Gasteiger charge is -2.22. The molecule has 1 aromatic heterocycles. The number of aryl methyl sites for hydroxylation is 1. The molecule has 4 aromatic rings. The van der Waals surface area contributed by atoms with Gasteiger partial charge in [-0.15, -0.1) is 0 Å². The van der Waals surface area contributed by atoms with Crippen LogP contribution in [-0.2, 0) is 11.2 Å². The quantitative estimate of drug-likeness (QED) is 0.317.